The van der Waals surface area contributed by atoms with Crippen LogP contribution in [0.25, 0.3) is 0 Å². The summed E-state index contributed by atoms with van der Waals surface area (Å²) in [6.45, 7) is 2.66. The van der Waals surface area contributed by atoms with E-state index in [-0.39, 0.29) is 12.6 Å². The molecule has 0 bridgehead atoms. The van der Waals surface area contributed by atoms with Gasteiger partial charge in [0.2, 0.25) is 0 Å². The lowest BCUT2D eigenvalue weighted by Gasteiger charge is -2.28. The SMILES string of the molecule is CSc1cccc(N(C)C(C)CO)c1CN. The van der Waals surface area contributed by atoms with Gasteiger partial charge in [0, 0.05) is 35.8 Å². The Morgan fingerprint density at radius 3 is 2.69 bits per heavy atom. The lowest BCUT2D eigenvalue weighted by molar-refractivity contribution is 0.270. The van der Waals surface area contributed by atoms with E-state index in [1.807, 2.05) is 32.4 Å². The molecule has 0 saturated heterocycles. The number of benzene rings is 1. The molecule has 4 heteroatoms. The van der Waals surface area contributed by atoms with Crippen molar-refractivity contribution in [3.05, 3.63) is 23.8 Å². The molecule has 16 heavy (non-hydrogen) atoms. The molecule has 3 N–H and O–H groups in total. The second-order valence-corrected chi connectivity index (χ2v) is 4.65. The fourth-order valence-electron chi connectivity index (χ4n) is 1.64. The van der Waals surface area contributed by atoms with Crippen LogP contribution in [0.2, 0.25) is 0 Å². The molecule has 0 radical (unpaired) electrons. The predicted molar refractivity (Wildman–Crippen MR) is 71.1 cm³/mol. The molecule has 1 aromatic rings. The molecule has 1 aromatic carbocycles. The Labute approximate surface area is 102 Å². The van der Waals surface area contributed by atoms with Crippen molar-refractivity contribution in [1.82, 2.24) is 0 Å². The molecule has 1 atom stereocenters. The van der Waals surface area contributed by atoms with Gasteiger partial charge in [0.05, 0.1) is 6.61 Å². The van der Waals surface area contributed by atoms with E-state index in [0.717, 1.165) is 11.3 Å². The summed E-state index contributed by atoms with van der Waals surface area (Å²) in [4.78, 5) is 3.28. The van der Waals surface area contributed by atoms with Crippen LogP contribution in [0.15, 0.2) is 23.1 Å². The second-order valence-electron chi connectivity index (χ2n) is 3.80. The number of likely N-dealkylation sites (N-methyl/N-ethyl adjacent to an activating group) is 1. The highest BCUT2D eigenvalue weighted by Gasteiger charge is 2.14. The third-order valence-corrected chi connectivity index (χ3v) is 3.66. The first kappa shape index (κ1) is 13.4. The third kappa shape index (κ3) is 2.70. The van der Waals surface area contributed by atoms with Gasteiger partial charge in [0.25, 0.3) is 0 Å². The number of aliphatic hydroxyl groups is 1. The average molecular weight is 240 g/mol. The number of nitrogens with two attached hydrogens (primary N) is 1. The molecule has 0 aromatic heterocycles. The number of hydrogen-bond acceptors (Lipinski definition) is 4. The van der Waals surface area contributed by atoms with Gasteiger partial charge < -0.3 is 15.7 Å². The van der Waals surface area contributed by atoms with Crippen LogP contribution >= 0.6 is 11.8 Å². The largest absolute Gasteiger partial charge is 0.394 e. The van der Waals surface area contributed by atoms with Crippen LogP contribution in [0.1, 0.15) is 12.5 Å². The number of nitrogens with zero attached hydrogens (tertiary/aromatic N) is 1. The summed E-state index contributed by atoms with van der Waals surface area (Å²) in [5.74, 6) is 0. The molecule has 1 unspecified atom stereocenters. The maximum Gasteiger partial charge on any atom is 0.0632 e. The molecule has 0 saturated carbocycles. The summed E-state index contributed by atoms with van der Waals surface area (Å²) in [6.07, 6.45) is 2.05. The van der Waals surface area contributed by atoms with Gasteiger partial charge in [-0.1, -0.05) is 6.07 Å². The van der Waals surface area contributed by atoms with Gasteiger partial charge in [-0.05, 0) is 25.3 Å². The van der Waals surface area contributed by atoms with Gasteiger partial charge >= 0.3 is 0 Å². The quantitative estimate of drug-likeness (QED) is 0.769. The molecule has 0 aliphatic rings. The Hall–Kier alpha value is -0.710. The third-order valence-electron chi connectivity index (χ3n) is 2.84. The molecule has 90 valence electrons. The number of hydrogen-bond donors (Lipinski definition) is 2. The minimum atomic E-state index is 0.0995. The Morgan fingerprint density at radius 2 is 2.19 bits per heavy atom. The highest BCUT2D eigenvalue weighted by Crippen LogP contribution is 2.29. The zero-order valence-corrected chi connectivity index (χ0v) is 10.9. The van der Waals surface area contributed by atoms with Crippen LogP contribution in [0.3, 0.4) is 0 Å². The maximum atomic E-state index is 9.18. The van der Waals surface area contributed by atoms with Gasteiger partial charge in [-0.3, -0.25) is 0 Å². The van der Waals surface area contributed by atoms with Crippen molar-refractivity contribution in [3.8, 4) is 0 Å². The fourth-order valence-corrected chi connectivity index (χ4v) is 2.29. The average Bonchev–Trinajstić information content (AvgIpc) is 2.35. The molecule has 0 spiro atoms. The van der Waals surface area contributed by atoms with Crippen molar-refractivity contribution in [2.45, 2.75) is 24.4 Å². The van der Waals surface area contributed by atoms with Crippen molar-refractivity contribution >= 4 is 17.4 Å². The topological polar surface area (TPSA) is 49.5 Å². The molecule has 0 amide bonds. The zero-order chi connectivity index (χ0) is 12.1. The molecular formula is C12H20N2OS. The molecule has 0 fully saturated rings. The highest BCUT2D eigenvalue weighted by molar-refractivity contribution is 7.98. The first-order valence-corrected chi connectivity index (χ1v) is 6.57. The molecular weight excluding hydrogens is 220 g/mol. The van der Waals surface area contributed by atoms with Gasteiger partial charge in [0.15, 0.2) is 0 Å². The van der Waals surface area contributed by atoms with Crippen molar-refractivity contribution in [2.75, 3.05) is 24.8 Å². The minimum absolute atomic E-state index is 0.0995. The van der Waals surface area contributed by atoms with E-state index in [9.17, 15) is 5.11 Å². The van der Waals surface area contributed by atoms with Crippen LogP contribution in [-0.2, 0) is 6.54 Å². The fraction of sp³-hybridized carbons (Fsp3) is 0.500. The molecule has 1 rings (SSSR count). The first-order chi connectivity index (χ1) is 7.65. The van der Waals surface area contributed by atoms with E-state index in [2.05, 4.69) is 11.0 Å². The van der Waals surface area contributed by atoms with Crippen molar-refractivity contribution in [1.29, 1.82) is 0 Å². The van der Waals surface area contributed by atoms with Crippen LogP contribution in [-0.4, -0.2) is 31.1 Å². The second kappa shape index (κ2) is 6.13. The summed E-state index contributed by atoms with van der Waals surface area (Å²) in [6, 6.07) is 6.26. The van der Waals surface area contributed by atoms with Crippen LogP contribution in [0.5, 0.6) is 0 Å². The molecule has 0 aliphatic carbocycles. The van der Waals surface area contributed by atoms with E-state index < -0.39 is 0 Å². The standard InChI is InChI=1S/C12H20N2OS/c1-9(8-15)14(2)11-5-4-6-12(16-3)10(11)7-13/h4-6,9,15H,7-8,13H2,1-3H3. The summed E-state index contributed by atoms with van der Waals surface area (Å²) in [5, 5.41) is 9.18. The lowest BCUT2D eigenvalue weighted by atomic mass is 10.1. The summed E-state index contributed by atoms with van der Waals surface area (Å²) >= 11 is 1.70. The predicted octanol–water partition coefficient (Wildman–Crippen LogP) is 1.68. The maximum absolute atomic E-state index is 9.18. The highest BCUT2D eigenvalue weighted by atomic mass is 32.2. The Kier molecular flexibility index (Phi) is 5.12. The van der Waals surface area contributed by atoms with Gasteiger partial charge in [0.1, 0.15) is 0 Å². The first-order valence-electron chi connectivity index (χ1n) is 5.35. The van der Waals surface area contributed by atoms with Crippen LogP contribution in [0, 0.1) is 0 Å². The number of rotatable bonds is 5. The van der Waals surface area contributed by atoms with Crippen molar-refractivity contribution in [2.24, 2.45) is 5.73 Å². The van der Waals surface area contributed by atoms with E-state index in [0.29, 0.717) is 6.54 Å². The van der Waals surface area contributed by atoms with Gasteiger partial charge in [-0.25, -0.2) is 0 Å². The number of thioether (sulfide) groups is 1. The monoisotopic (exact) mass is 240 g/mol. The van der Waals surface area contributed by atoms with Crippen molar-refractivity contribution < 1.29 is 5.11 Å². The van der Waals surface area contributed by atoms with E-state index in [1.165, 1.54) is 4.90 Å². The summed E-state index contributed by atoms with van der Waals surface area (Å²) in [5.41, 5.74) is 8.06. The van der Waals surface area contributed by atoms with E-state index in [4.69, 9.17) is 5.73 Å². The van der Waals surface area contributed by atoms with E-state index in [1.54, 1.807) is 11.8 Å². The Bertz CT molecular complexity index is 344. The van der Waals surface area contributed by atoms with E-state index >= 15 is 0 Å². The van der Waals surface area contributed by atoms with Crippen LogP contribution < -0.4 is 10.6 Å². The number of anilines is 1. The zero-order valence-electron chi connectivity index (χ0n) is 10.1. The Morgan fingerprint density at radius 1 is 1.50 bits per heavy atom. The molecule has 0 aliphatic heterocycles. The van der Waals surface area contributed by atoms with Gasteiger partial charge in [-0.2, -0.15) is 0 Å². The smallest absolute Gasteiger partial charge is 0.0632 e. The normalized spacial score (nSPS) is 12.6. The van der Waals surface area contributed by atoms with Crippen LogP contribution in [0.4, 0.5) is 5.69 Å². The number of aliphatic hydroxyl groups excluding tert-OH is 1. The lowest BCUT2D eigenvalue weighted by Crippen LogP contribution is -2.32. The molecule has 3 nitrogen and oxygen atoms in total. The summed E-state index contributed by atoms with van der Waals surface area (Å²) < 4.78 is 0. The minimum Gasteiger partial charge on any atom is -0.394 e. The van der Waals surface area contributed by atoms with Gasteiger partial charge in [-0.15, -0.1) is 11.8 Å². The summed E-state index contributed by atoms with van der Waals surface area (Å²) in [7, 11) is 1.99. The Balaban J connectivity index is 3.12. The molecule has 0 heterocycles. The van der Waals surface area contributed by atoms with Crippen molar-refractivity contribution in [3.63, 3.8) is 0 Å².